The normalized spacial score (nSPS) is 10.7. The molecule has 2 rings (SSSR count). The van der Waals surface area contributed by atoms with Crippen molar-refractivity contribution in [1.29, 1.82) is 0 Å². The van der Waals surface area contributed by atoms with Crippen molar-refractivity contribution in [2.75, 3.05) is 44.6 Å². The van der Waals surface area contributed by atoms with Crippen LogP contribution < -0.4 is 16.2 Å². The number of hydrogen-bond acceptors (Lipinski definition) is 6. The third-order valence-corrected chi connectivity index (χ3v) is 3.17. The number of anilines is 2. The summed E-state index contributed by atoms with van der Waals surface area (Å²) in [6.45, 7) is 1.83. The van der Waals surface area contributed by atoms with Gasteiger partial charge in [-0.15, -0.1) is 0 Å². The van der Waals surface area contributed by atoms with Crippen LogP contribution in [0.3, 0.4) is 0 Å². The van der Waals surface area contributed by atoms with Crippen molar-refractivity contribution >= 4 is 11.6 Å². The molecule has 0 aliphatic heterocycles. The van der Waals surface area contributed by atoms with Crippen molar-refractivity contribution in [3.8, 4) is 11.4 Å². The van der Waals surface area contributed by atoms with Crippen LogP contribution in [-0.2, 0) is 0 Å². The predicted octanol–water partition coefficient (Wildman–Crippen LogP) is 1.43. The Labute approximate surface area is 125 Å². The van der Waals surface area contributed by atoms with Gasteiger partial charge in [-0.05, 0) is 14.1 Å². The first-order valence-corrected chi connectivity index (χ1v) is 6.87. The first-order valence-electron chi connectivity index (χ1n) is 6.87. The fraction of sp³-hybridized carbons (Fsp3) is 0.333. The molecule has 0 atom stereocenters. The quantitative estimate of drug-likeness (QED) is 0.618. The number of nitrogens with zero attached hydrogens (tertiary/aromatic N) is 4. The second-order valence-electron chi connectivity index (χ2n) is 5.17. The Morgan fingerprint density at radius 2 is 1.76 bits per heavy atom. The zero-order valence-electron chi connectivity index (χ0n) is 12.7. The first kappa shape index (κ1) is 15.2. The molecule has 6 heteroatoms. The maximum absolute atomic E-state index is 5.52. The number of nitrogens with two attached hydrogens (primary N) is 1. The number of rotatable bonds is 6. The summed E-state index contributed by atoms with van der Waals surface area (Å²) >= 11 is 0. The standard InChI is InChI=1S/C15H22N6/c1-20(2)9-10-21(3)14-11-13(19-16)17-15(18-14)12-7-5-4-6-8-12/h4-8,11H,9-10,16H2,1-3H3,(H,17,18,19). The summed E-state index contributed by atoms with van der Waals surface area (Å²) in [6, 6.07) is 11.7. The number of nitrogen functional groups attached to an aromatic ring is 1. The fourth-order valence-electron chi connectivity index (χ4n) is 1.88. The van der Waals surface area contributed by atoms with Gasteiger partial charge in [-0.25, -0.2) is 15.8 Å². The number of nitrogens with one attached hydrogen (secondary N) is 1. The zero-order chi connectivity index (χ0) is 15.2. The lowest BCUT2D eigenvalue weighted by Crippen LogP contribution is -2.29. The molecule has 21 heavy (non-hydrogen) atoms. The molecule has 0 radical (unpaired) electrons. The monoisotopic (exact) mass is 286 g/mol. The SMILES string of the molecule is CN(C)CCN(C)c1cc(NN)nc(-c2ccccc2)n1. The molecule has 0 saturated heterocycles. The Morgan fingerprint density at radius 3 is 2.38 bits per heavy atom. The summed E-state index contributed by atoms with van der Waals surface area (Å²) in [7, 11) is 6.12. The number of likely N-dealkylation sites (N-methyl/N-ethyl adjacent to an activating group) is 2. The van der Waals surface area contributed by atoms with Gasteiger partial charge in [0, 0.05) is 31.8 Å². The summed E-state index contributed by atoms with van der Waals surface area (Å²) in [6.07, 6.45) is 0. The van der Waals surface area contributed by atoms with Crippen LogP contribution in [0.5, 0.6) is 0 Å². The molecule has 0 aliphatic rings. The van der Waals surface area contributed by atoms with Gasteiger partial charge in [-0.3, -0.25) is 0 Å². The van der Waals surface area contributed by atoms with E-state index in [1.807, 2.05) is 43.4 Å². The largest absolute Gasteiger partial charge is 0.358 e. The Bertz CT molecular complexity index is 570. The van der Waals surface area contributed by atoms with Crippen LogP contribution in [0.4, 0.5) is 11.6 Å². The van der Waals surface area contributed by atoms with Crippen LogP contribution in [0.25, 0.3) is 11.4 Å². The molecule has 0 amide bonds. The van der Waals surface area contributed by atoms with E-state index in [4.69, 9.17) is 5.84 Å². The number of aromatic nitrogens is 2. The van der Waals surface area contributed by atoms with Gasteiger partial charge >= 0.3 is 0 Å². The van der Waals surface area contributed by atoms with E-state index in [-0.39, 0.29) is 0 Å². The smallest absolute Gasteiger partial charge is 0.163 e. The van der Waals surface area contributed by atoms with E-state index in [0.717, 1.165) is 24.5 Å². The molecule has 1 heterocycles. The fourth-order valence-corrected chi connectivity index (χ4v) is 1.88. The lowest BCUT2D eigenvalue weighted by atomic mass is 10.2. The molecule has 0 saturated carbocycles. The predicted molar refractivity (Wildman–Crippen MR) is 87.1 cm³/mol. The molecule has 1 aromatic heterocycles. The molecule has 0 unspecified atom stereocenters. The van der Waals surface area contributed by atoms with E-state index in [9.17, 15) is 0 Å². The van der Waals surface area contributed by atoms with E-state index < -0.39 is 0 Å². The van der Waals surface area contributed by atoms with Crippen LogP contribution in [-0.4, -0.2) is 49.1 Å². The maximum Gasteiger partial charge on any atom is 0.163 e. The van der Waals surface area contributed by atoms with Gasteiger partial charge < -0.3 is 15.2 Å². The summed E-state index contributed by atoms with van der Waals surface area (Å²) in [4.78, 5) is 13.3. The van der Waals surface area contributed by atoms with E-state index in [0.29, 0.717) is 11.6 Å². The molecule has 0 spiro atoms. The molecule has 2 aromatic rings. The minimum absolute atomic E-state index is 0.607. The number of hydrogen-bond donors (Lipinski definition) is 2. The molecule has 0 bridgehead atoms. The second kappa shape index (κ2) is 7.01. The van der Waals surface area contributed by atoms with Gasteiger partial charge in [-0.1, -0.05) is 30.3 Å². The number of benzene rings is 1. The van der Waals surface area contributed by atoms with Crippen molar-refractivity contribution in [1.82, 2.24) is 14.9 Å². The summed E-state index contributed by atoms with van der Waals surface area (Å²) in [5.41, 5.74) is 3.58. The highest BCUT2D eigenvalue weighted by Crippen LogP contribution is 2.21. The van der Waals surface area contributed by atoms with Crippen LogP contribution in [0.1, 0.15) is 0 Å². The van der Waals surface area contributed by atoms with Gasteiger partial charge in [0.05, 0.1) is 0 Å². The molecule has 3 N–H and O–H groups in total. The van der Waals surface area contributed by atoms with Crippen LogP contribution in [0.15, 0.2) is 36.4 Å². The van der Waals surface area contributed by atoms with Crippen LogP contribution in [0, 0.1) is 0 Å². The first-order chi connectivity index (χ1) is 10.1. The van der Waals surface area contributed by atoms with Gasteiger partial charge in [-0.2, -0.15) is 0 Å². The highest BCUT2D eigenvalue weighted by Gasteiger charge is 2.09. The van der Waals surface area contributed by atoms with Gasteiger partial charge in [0.25, 0.3) is 0 Å². The Hall–Kier alpha value is -2.18. The van der Waals surface area contributed by atoms with Crippen molar-refractivity contribution in [2.45, 2.75) is 0 Å². The zero-order valence-corrected chi connectivity index (χ0v) is 12.7. The minimum Gasteiger partial charge on any atom is -0.358 e. The van der Waals surface area contributed by atoms with Crippen LogP contribution >= 0.6 is 0 Å². The van der Waals surface area contributed by atoms with Crippen LogP contribution in [0.2, 0.25) is 0 Å². The number of hydrazine groups is 1. The molecule has 0 fully saturated rings. The molecular weight excluding hydrogens is 264 g/mol. The Balaban J connectivity index is 2.29. The summed E-state index contributed by atoms with van der Waals surface area (Å²) in [5.74, 6) is 7.64. The van der Waals surface area contributed by atoms with Gasteiger partial charge in [0.1, 0.15) is 11.6 Å². The second-order valence-corrected chi connectivity index (χ2v) is 5.17. The average molecular weight is 286 g/mol. The Morgan fingerprint density at radius 1 is 1.05 bits per heavy atom. The van der Waals surface area contributed by atoms with Crippen molar-refractivity contribution < 1.29 is 0 Å². The molecule has 6 nitrogen and oxygen atoms in total. The van der Waals surface area contributed by atoms with Crippen molar-refractivity contribution in [3.63, 3.8) is 0 Å². The molecule has 1 aromatic carbocycles. The van der Waals surface area contributed by atoms with Crippen molar-refractivity contribution in [3.05, 3.63) is 36.4 Å². The van der Waals surface area contributed by atoms with Gasteiger partial charge in [0.15, 0.2) is 5.82 Å². The highest BCUT2D eigenvalue weighted by atomic mass is 15.3. The minimum atomic E-state index is 0.607. The third kappa shape index (κ3) is 4.14. The summed E-state index contributed by atoms with van der Waals surface area (Å²) < 4.78 is 0. The molecule has 112 valence electrons. The van der Waals surface area contributed by atoms with E-state index >= 15 is 0 Å². The van der Waals surface area contributed by atoms with E-state index in [1.165, 1.54) is 0 Å². The van der Waals surface area contributed by atoms with Crippen molar-refractivity contribution in [2.24, 2.45) is 5.84 Å². The Kier molecular flexibility index (Phi) is 5.08. The summed E-state index contributed by atoms with van der Waals surface area (Å²) in [5, 5.41) is 0. The highest BCUT2D eigenvalue weighted by molar-refractivity contribution is 5.61. The van der Waals surface area contributed by atoms with E-state index in [2.05, 4.69) is 39.3 Å². The van der Waals surface area contributed by atoms with Gasteiger partial charge in [0.2, 0.25) is 0 Å². The topological polar surface area (TPSA) is 70.3 Å². The maximum atomic E-state index is 5.52. The third-order valence-electron chi connectivity index (χ3n) is 3.17. The average Bonchev–Trinajstić information content (AvgIpc) is 2.52. The molecular formula is C15H22N6. The molecule has 0 aliphatic carbocycles. The van der Waals surface area contributed by atoms with E-state index in [1.54, 1.807) is 0 Å². The lowest BCUT2D eigenvalue weighted by molar-refractivity contribution is 0.416. The lowest BCUT2D eigenvalue weighted by Gasteiger charge is -2.21.